The van der Waals surface area contributed by atoms with E-state index >= 15 is 0 Å². The van der Waals surface area contributed by atoms with Gasteiger partial charge in [0.15, 0.2) is 17.3 Å². The van der Waals surface area contributed by atoms with E-state index in [0.717, 1.165) is 12.1 Å². The Morgan fingerprint density at radius 3 is 2.90 bits per heavy atom. The summed E-state index contributed by atoms with van der Waals surface area (Å²) in [5.41, 5.74) is -0.371. The Morgan fingerprint density at radius 1 is 1.55 bits per heavy atom. The van der Waals surface area contributed by atoms with E-state index in [9.17, 15) is 14.5 Å². The van der Waals surface area contributed by atoms with Gasteiger partial charge in [0, 0.05) is 5.75 Å². The minimum absolute atomic E-state index is 0.0323. The number of nitro benzene ring substituents is 1. The molecule has 0 spiro atoms. The summed E-state index contributed by atoms with van der Waals surface area (Å²) in [5.74, 6) is -0.195. The van der Waals surface area contributed by atoms with Crippen molar-refractivity contribution >= 4 is 35.8 Å². The number of non-ortho nitro benzene ring substituents is 1. The average Bonchev–Trinajstić information content (AvgIpc) is 3.22. The molecule has 0 aromatic heterocycles. The largest absolute Gasteiger partial charge is 0.487 e. The first-order valence-corrected chi connectivity index (χ1v) is 9.23. The smallest absolute Gasteiger partial charge is 0.276 e. The van der Waals surface area contributed by atoms with E-state index < -0.39 is 10.7 Å². The fourth-order valence-electron chi connectivity index (χ4n) is 1.43. The molecule has 1 aromatic carbocycles. The average molecular weight is 415 g/mol. The normalized spacial score (nSPS) is 16.8. The maximum Gasteiger partial charge on any atom is 0.276 e. The number of benzene rings is 1. The van der Waals surface area contributed by atoms with E-state index in [1.165, 1.54) is 8.93 Å². The first-order chi connectivity index (χ1) is 9.61. The van der Waals surface area contributed by atoms with Crippen LogP contribution in [-0.2, 0) is 4.74 Å². The quantitative estimate of drug-likeness (QED) is 0.214. The Labute approximate surface area is 130 Å². The summed E-state index contributed by atoms with van der Waals surface area (Å²) in [5, 5.41) is 10.7. The number of ether oxygens (including phenoxy) is 3. The number of hydrogen-bond donors (Lipinski definition) is 0. The van der Waals surface area contributed by atoms with Crippen molar-refractivity contribution in [3.05, 3.63) is 28.1 Å². The van der Waals surface area contributed by atoms with E-state index in [0.29, 0.717) is 19.0 Å². The van der Waals surface area contributed by atoms with Gasteiger partial charge in [-0.3, -0.25) is 10.1 Å². The summed E-state index contributed by atoms with van der Waals surface area (Å²) in [4.78, 5) is 10.1. The topological polar surface area (TPSA) is 74.1 Å². The summed E-state index contributed by atoms with van der Waals surface area (Å²) in [6.07, 6.45) is -0.0323. The zero-order valence-electron chi connectivity index (χ0n) is 10.2. The van der Waals surface area contributed by atoms with Gasteiger partial charge in [0.25, 0.3) is 5.69 Å². The number of hydrogen-bond acceptors (Lipinski definition) is 6. The molecule has 2 rings (SSSR count). The van der Waals surface area contributed by atoms with Crippen LogP contribution in [0.5, 0.6) is 11.5 Å². The Kier molecular flexibility index (Phi) is 5.66. The predicted octanol–water partition coefficient (Wildman–Crippen LogP) is 2.97. The van der Waals surface area contributed by atoms with Crippen LogP contribution in [0.2, 0.25) is 0 Å². The second-order valence-electron chi connectivity index (χ2n) is 3.94. The van der Waals surface area contributed by atoms with E-state index in [1.54, 1.807) is 0 Å². The van der Waals surface area contributed by atoms with Gasteiger partial charge in [0.05, 0.1) is 30.3 Å². The van der Waals surface area contributed by atoms with Crippen LogP contribution in [0.25, 0.3) is 0 Å². The molecule has 1 aromatic rings. The number of rotatable bonds is 8. The highest BCUT2D eigenvalue weighted by Crippen LogP contribution is 2.35. The number of nitro groups is 1. The first kappa shape index (κ1) is 15.6. The van der Waals surface area contributed by atoms with Gasteiger partial charge < -0.3 is 14.2 Å². The van der Waals surface area contributed by atoms with Gasteiger partial charge >= 0.3 is 0 Å². The predicted molar refractivity (Wildman–Crippen MR) is 80.3 cm³/mol. The number of epoxide rings is 1. The molecule has 0 N–H and O–H groups in total. The van der Waals surface area contributed by atoms with Crippen LogP contribution >= 0.6 is 30.1 Å². The third-order valence-electron chi connectivity index (χ3n) is 2.44. The summed E-state index contributed by atoms with van der Waals surface area (Å²) in [6.45, 7) is 1.09. The molecule has 6 nitrogen and oxygen atoms in total. The molecular formula is C11H11FINO5S. The summed E-state index contributed by atoms with van der Waals surface area (Å²) in [6, 6.07) is 1.99. The zero-order chi connectivity index (χ0) is 14.5. The molecule has 0 radical (unpaired) electrons. The maximum atomic E-state index is 13.9. The standard InChI is InChI=1S/C11H11FINO5S/c12-9-3-7(14(15)16)4-10(19-6-8-5-18-8)11(9)17-1-2-20-13/h3-4,8H,1-2,5-6H2/t8-/m1/s1. The van der Waals surface area contributed by atoms with E-state index in [1.807, 2.05) is 0 Å². The second-order valence-corrected chi connectivity index (χ2v) is 6.43. The van der Waals surface area contributed by atoms with Crippen LogP contribution < -0.4 is 9.47 Å². The van der Waals surface area contributed by atoms with E-state index in [4.69, 9.17) is 14.2 Å². The molecule has 0 amide bonds. The van der Waals surface area contributed by atoms with E-state index in [-0.39, 0.29) is 29.9 Å². The molecular weight excluding hydrogens is 404 g/mol. The van der Waals surface area contributed by atoms with Crippen LogP contribution in [0, 0.1) is 15.9 Å². The summed E-state index contributed by atoms with van der Waals surface area (Å²) in [7, 11) is 1.52. The molecule has 0 unspecified atom stereocenters. The lowest BCUT2D eigenvalue weighted by molar-refractivity contribution is -0.385. The van der Waals surface area contributed by atoms with Crippen LogP contribution in [0.15, 0.2) is 12.1 Å². The third-order valence-corrected chi connectivity index (χ3v) is 4.08. The zero-order valence-corrected chi connectivity index (χ0v) is 13.2. The Balaban J connectivity index is 2.17. The fraction of sp³-hybridized carbons (Fsp3) is 0.455. The van der Waals surface area contributed by atoms with E-state index in [2.05, 4.69) is 21.2 Å². The van der Waals surface area contributed by atoms with Gasteiger partial charge in [-0.2, -0.15) is 0 Å². The summed E-state index contributed by atoms with van der Waals surface area (Å²) >= 11 is 2.10. The first-order valence-electron chi connectivity index (χ1n) is 5.70. The van der Waals surface area contributed by atoms with Crippen LogP contribution in [0.4, 0.5) is 10.1 Å². The Bertz CT molecular complexity index is 500. The highest BCUT2D eigenvalue weighted by atomic mass is 127. The molecule has 0 saturated carbocycles. The van der Waals surface area contributed by atoms with Gasteiger partial charge in [0.1, 0.15) is 12.7 Å². The fourth-order valence-corrected chi connectivity index (χ4v) is 2.12. The van der Waals surface area contributed by atoms with Crippen molar-refractivity contribution in [2.24, 2.45) is 0 Å². The maximum absolute atomic E-state index is 13.9. The minimum Gasteiger partial charge on any atom is -0.487 e. The van der Waals surface area contributed by atoms with Crippen molar-refractivity contribution in [2.75, 3.05) is 25.6 Å². The van der Waals surface area contributed by atoms with Gasteiger partial charge in [-0.25, -0.2) is 4.39 Å². The molecule has 0 aliphatic carbocycles. The molecule has 1 fully saturated rings. The van der Waals surface area contributed by atoms with Crippen molar-refractivity contribution in [1.82, 2.24) is 0 Å². The van der Waals surface area contributed by atoms with Gasteiger partial charge in [0.2, 0.25) is 0 Å². The van der Waals surface area contributed by atoms with Crippen molar-refractivity contribution in [1.29, 1.82) is 0 Å². The molecule has 0 bridgehead atoms. The third kappa shape index (κ3) is 4.35. The van der Waals surface area contributed by atoms with Crippen molar-refractivity contribution < 1.29 is 23.5 Å². The van der Waals surface area contributed by atoms with Crippen LogP contribution in [-0.4, -0.2) is 36.6 Å². The number of nitrogens with zero attached hydrogens (tertiary/aromatic N) is 1. The van der Waals surface area contributed by atoms with Crippen LogP contribution in [0.1, 0.15) is 0 Å². The molecule has 1 aliphatic rings. The van der Waals surface area contributed by atoms with Crippen molar-refractivity contribution in [2.45, 2.75) is 6.10 Å². The van der Waals surface area contributed by atoms with Gasteiger partial charge in [-0.05, 0) is 21.2 Å². The second kappa shape index (κ2) is 7.27. The SMILES string of the molecule is O=[N+]([O-])c1cc(F)c(OCCSI)c(OC[C@H]2CO2)c1. The molecule has 110 valence electrons. The molecule has 1 saturated heterocycles. The molecule has 1 aliphatic heterocycles. The lowest BCUT2D eigenvalue weighted by Crippen LogP contribution is -2.08. The highest BCUT2D eigenvalue weighted by Gasteiger charge is 2.25. The molecule has 20 heavy (non-hydrogen) atoms. The van der Waals surface area contributed by atoms with Crippen molar-refractivity contribution in [3.63, 3.8) is 0 Å². The molecule has 1 atom stereocenters. The highest BCUT2D eigenvalue weighted by molar-refractivity contribution is 14.2. The van der Waals surface area contributed by atoms with Crippen LogP contribution in [0.3, 0.4) is 0 Å². The molecule has 9 heteroatoms. The monoisotopic (exact) mass is 415 g/mol. The Hall–Kier alpha value is -0.810. The van der Waals surface area contributed by atoms with Gasteiger partial charge in [-0.15, -0.1) is 0 Å². The molecule has 1 heterocycles. The summed E-state index contributed by atoms with van der Waals surface area (Å²) < 4.78 is 29.5. The van der Waals surface area contributed by atoms with Gasteiger partial charge in [-0.1, -0.05) is 8.93 Å². The lowest BCUT2D eigenvalue weighted by Gasteiger charge is -2.12. The lowest BCUT2D eigenvalue weighted by atomic mass is 10.2. The minimum atomic E-state index is -0.802. The number of halogens is 2. The van der Waals surface area contributed by atoms with Crippen molar-refractivity contribution in [3.8, 4) is 11.5 Å². The Morgan fingerprint density at radius 2 is 2.30 bits per heavy atom.